The summed E-state index contributed by atoms with van der Waals surface area (Å²) in [6.07, 6.45) is 10.3. The van der Waals surface area contributed by atoms with Crippen molar-refractivity contribution in [2.24, 2.45) is 11.7 Å². The molecular formula is C28H39NO3. The van der Waals surface area contributed by atoms with Gasteiger partial charge in [0.25, 0.3) is 0 Å². The van der Waals surface area contributed by atoms with Crippen LogP contribution < -0.4 is 10.5 Å². The van der Waals surface area contributed by atoms with E-state index in [1.807, 2.05) is 19.1 Å². The SMILES string of the molecule is C/C=C(\c1c(CCC)ccc2cc(OCCCCCCN)ccc12)C(C=O)CCC(C)=O. The lowest BCUT2D eigenvalue weighted by Crippen LogP contribution is -2.10. The Kier molecular flexibility index (Phi) is 11.2. The van der Waals surface area contributed by atoms with Crippen LogP contribution in [-0.2, 0) is 16.0 Å². The number of carbonyl (C=O) groups is 2. The number of Topliss-reactive ketones (excluding diaryl/α,β-unsaturated/α-hetero) is 1. The van der Waals surface area contributed by atoms with E-state index in [4.69, 9.17) is 10.5 Å². The quantitative estimate of drug-likeness (QED) is 0.263. The normalized spacial score (nSPS) is 12.7. The molecule has 0 aliphatic rings. The predicted molar refractivity (Wildman–Crippen MR) is 134 cm³/mol. The average molecular weight is 438 g/mol. The number of rotatable bonds is 15. The molecule has 0 aliphatic heterocycles. The number of fused-ring (bicyclic) bond motifs is 1. The second-order valence-corrected chi connectivity index (χ2v) is 8.51. The van der Waals surface area contributed by atoms with Crippen LogP contribution in [0.4, 0.5) is 0 Å². The van der Waals surface area contributed by atoms with Gasteiger partial charge in [0.15, 0.2) is 0 Å². The molecule has 0 saturated heterocycles. The Hall–Kier alpha value is -2.46. The Bertz CT molecular complexity index is 916. The lowest BCUT2D eigenvalue weighted by molar-refractivity contribution is -0.117. The second-order valence-electron chi connectivity index (χ2n) is 8.51. The van der Waals surface area contributed by atoms with Crippen molar-refractivity contribution in [1.29, 1.82) is 0 Å². The first-order valence-corrected chi connectivity index (χ1v) is 12.1. The van der Waals surface area contributed by atoms with Gasteiger partial charge in [-0.2, -0.15) is 0 Å². The first-order chi connectivity index (χ1) is 15.5. The van der Waals surface area contributed by atoms with Gasteiger partial charge >= 0.3 is 0 Å². The minimum atomic E-state index is -0.283. The standard InChI is InChI=1S/C28H39NO3/c1-4-10-22-13-14-23-19-25(32-18-9-7-6-8-17-29)15-16-27(23)28(22)26(5-2)24(20-30)12-11-21(3)31/h5,13-16,19-20,24H,4,6-12,17-18,29H2,1-3H3/b26-5-. The monoisotopic (exact) mass is 437 g/mol. The molecule has 0 amide bonds. The van der Waals surface area contributed by atoms with Gasteiger partial charge in [-0.3, -0.25) is 0 Å². The smallest absolute Gasteiger partial charge is 0.129 e. The van der Waals surface area contributed by atoms with Crippen LogP contribution in [0.3, 0.4) is 0 Å². The van der Waals surface area contributed by atoms with Crippen molar-refractivity contribution in [1.82, 2.24) is 0 Å². The zero-order valence-electron chi connectivity index (χ0n) is 20.0. The predicted octanol–water partition coefficient (Wildman–Crippen LogP) is 6.28. The molecule has 4 nitrogen and oxygen atoms in total. The molecule has 2 aromatic rings. The van der Waals surface area contributed by atoms with Crippen LogP contribution >= 0.6 is 0 Å². The average Bonchev–Trinajstić information content (AvgIpc) is 2.79. The van der Waals surface area contributed by atoms with Crippen LogP contribution in [0.25, 0.3) is 16.3 Å². The van der Waals surface area contributed by atoms with Crippen LogP contribution in [0.5, 0.6) is 5.75 Å². The third kappa shape index (κ3) is 7.30. The van der Waals surface area contributed by atoms with Gasteiger partial charge in [-0.1, -0.05) is 50.5 Å². The third-order valence-electron chi connectivity index (χ3n) is 5.93. The molecule has 32 heavy (non-hydrogen) atoms. The molecule has 0 spiro atoms. The van der Waals surface area contributed by atoms with E-state index in [1.54, 1.807) is 6.92 Å². The van der Waals surface area contributed by atoms with Crippen LogP contribution in [0.1, 0.15) is 76.8 Å². The first-order valence-electron chi connectivity index (χ1n) is 12.1. The van der Waals surface area contributed by atoms with Gasteiger partial charge < -0.3 is 20.1 Å². The zero-order valence-corrected chi connectivity index (χ0v) is 20.0. The number of benzene rings is 2. The van der Waals surface area contributed by atoms with Crippen LogP contribution in [0.15, 0.2) is 36.4 Å². The molecule has 0 saturated carbocycles. The summed E-state index contributed by atoms with van der Waals surface area (Å²) in [5.41, 5.74) is 8.95. The van der Waals surface area contributed by atoms with Gasteiger partial charge in [0.2, 0.25) is 0 Å². The van der Waals surface area contributed by atoms with E-state index in [1.165, 1.54) is 5.56 Å². The maximum absolute atomic E-state index is 12.0. The van der Waals surface area contributed by atoms with Crippen molar-refractivity contribution >= 4 is 28.4 Å². The number of allylic oxidation sites excluding steroid dienone is 2. The molecule has 0 radical (unpaired) electrons. The maximum Gasteiger partial charge on any atom is 0.129 e. The molecule has 0 fully saturated rings. The third-order valence-corrected chi connectivity index (χ3v) is 5.93. The van der Waals surface area contributed by atoms with Gasteiger partial charge in [0.05, 0.1) is 6.61 Å². The number of nitrogens with two attached hydrogens (primary N) is 1. The van der Waals surface area contributed by atoms with Crippen LogP contribution in [0, 0.1) is 5.92 Å². The lowest BCUT2D eigenvalue weighted by atomic mass is 9.83. The summed E-state index contributed by atoms with van der Waals surface area (Å²) in [4.78, 5) is 23.5. The number of hydrogen-bond acceptors (Lipinski definition) is 4. The van der Waals surface area contributed by atoms with E-state index in [-0.39, 0.29) is 11.7 Å². The van der Waals surface area contributed by atoms with Crippen LogP contribution in [0.2, 0.25) is 0 Å². The number of ether oxygens (including phenoxy) is 1. The number of hydrogen-bond donors (Lipinski definition) is 1. The molecule has 2 rings (SSSR count). The molecule has 1 unspecified atom stereocenters. The van der Waals surface area contributed by atoms with Crippen molar-refractivity contribution in [2.75, 3.05) is 13.2 Å². The van der Waals surface area contributed by atoms with Crippen molar-refractivity contribution in [2.45, 2.75) is 72.1 Å². The molecule has 0 bridgehead atoms. The lowest BCUT2D eigenvalue weighted by Gasteiger charge is -2.21. The Balaban J connectivity index is 2.33. The maximum atomic E-state index is 12.0. The Labute approximate surface area is 193 Å². The summed E-state index contributed by atoms with van der Waals surface area (Å²) in [6.45, 7) is 7.19. The Morgan fingerprint density at radius 3 is 2.56 bits per heavy atom. The van der Waals surface area contributed by atoms with Crippen molar-refractivity contribution in [3.63, 3.8) is 0 Å². The van der Waals surface area contributed by atoms with E-state index in [0.29, 0.717) is 19.4 Å². The minimum absolute atomic E-state index is 0.115. The summed E-state index contributed by atoms with van der Waals surface area (Å²) >= 11 is 0. The molecule has 1 atom stereocenters. The van der Waals surface area contributed by atoms with E-state index in [0.717, 1.165) is 79.0 Å². The Morgan fingerprint density at radius 1 is 1.12 bits per heavy atom. The van der Waals surface area contributed by atoms with Gasteiger partial charge in [-0.25, -0.2) is 0 Å². The molecule has 174 valence electrons. The van der Waals surface area contributed by atoms with E-state index >= 15 is 0 Å². The summed E-state index contributed by atoms with van der Waals surface area (Å²) in [7, 11) is 0. The number of aryl methyl sites for hydroxylation is 1. The zero-order chi connectivity index (χ0) is 23.3. The van der Waals surface area contributed by atoms with Gasteiger partial charge in [-0.15, -0.1) is 0 Å². The summed E-state index contributed by atoms with van der Waals surface area (Å²) in [5.74, 6) is 0.703. The van der Waals surface area contributed by atoms with Crippen molar-refractivity contribution in [3.05, 3.63) is 47.5 Å². The fraction of sp³-hybridized carbons (Fsp3) is 0.500. The minimum Gasteiger partial charge on any atom is -0.494 e. The van der Waals surface area contributed by atoms with Crippen LogP contribution in [-0.4, -0.2) is 25.2 Å². The first kappa shape index (κ1) is 25.8. The second kappa shape index (κ2) is 13.8. The van der Waals surface area contributed by atoms with Gasteiger partial charge in [0, 0.05) is 12.3 Å². The number of unbranched alkanes of at least 4 members (excludes halogenated alkanes) is 3. The van der Waals surface area contributed by atoms with Gasteiger partial charge in [0.1, 0.15) is 17.8 Å². The molecule has 0 aromatic heterocycles. The molecule has 0 aliphatic carbocycles. The van der Waals surface area contributed by atoms with E-state index in [2.05, 4.69) is 31.2 Å². The largest absolute Gasteiger partial charge is 0.494 e. The summed E-state index contributed by atoms with van der Waals surface area (Å²) < 4.78 is 5.99. The van der Waals surface area contributed by atoms with Gasteiger partial charge in [-0.05, 0) is 85.7 Å². The highest BCUT2D eigenvalue weighted by Crippen LogP contribution is 2.36. The Morgan fingerprint density at radius 2 is 1.91 bits per heavy atom. The number of ketones is 1. The highest BCUT2D eigenvalue weighted by Gasteiger charge is 2.20. The molecule has 2 aromatic carbocycles. The summed E-state index contributed by atoms with van der Waals surface area (Å²) in [6, 6.07) is 10.6. The highest BCUT2D eigenvalue weighted by molar-refractivity contribution is 5.98. The molecule has 4 heteroatoms. The fourth-order valence-electron chi connectivity index (χ4n) is 4.25. The highest BCUT2D eigenvalue weighted by atomic mass is 16.5. The fourth-order valence-corrected chi connectivity index (χ4v) is 4.25. The molecular weight excluding hydrogens is 398 g/mol. The number of aldehydes is 1. The number of carbonyl (C=O) groups excluding carboxylic acids is 2. The van der Waals surface area contributed by atoms with Crippen molar-refractivity contribution in [3.8, 4) is 5.75 Å². The summed E-state index contributed by atoms with van der Waals surface area (Å²) in [5, 5.41) is 2.24. The molecule has 0 heterocycles. The van der Waals surface area contributed by atoms with Crippen molar-refractivity contribution < 1.29 is 14.3 Å². The van der Waals surface area contributed by atoms with E-state index < -0.39 is 0 Å². The topological polar surface area (TPSA) is 69.4 Å². The van der Waals surface area contributed by atoms with E-state index in [9.17, 15) is 9.59 Å². The molecule has 2 N–H and O–H groups in total.